The second kappa shape index (κ2) is 5.13. The Morgan fingerprint density at radius 1 is 1.00 bits per heavy atom. The van der Waals surface area contributed by atoms with Crippen molar-refractivity contribution < 1.29 is 0 Å². The molecule has 1 fully saturated rings. The maximum Gasteiger partial charge on any atom is 0.0338 e. The highest BCUT2D eigenvalue weighted by Crippen LogP contribution is 2.51. The Bertz CT molecular complexity index is 263. The van der Waals surface area contributed by atoms with Crippen molar-refractivity contribution in [3.63, 3.8) is 0 Å². The van der Waals surface area contributed by atoms with Crippen LogP contribution in [-0.4, -0.2) is 30.6 Å². The van der Waals surface area contributed by atoms with Gasteiger partial charge in [-0.3, -0.25) is 4.90 Å². The molecular weight excluding hydrogens is 220 g/mol. The van der Waals surface area contributed by atoms with Crippen LogP contribution in [0.1, 0.15) is 60.8 Å². The highest BCUT2D eigenvalue weighted by atomic mass is 15.2. The third kappa shape index (κ3) is 3.71. The molecule has 0 bridgehead atoms. The first-order valence-electron chi connectivity index (χ1n) is 7.43. The molecule has 0 aliphatic heterocycles. The van der Waals surface area contributed by atoms with Gasteiger partial charge in [0.15, 0.2) is 0 Å². The molecule has 2 N–H and O–H groups in total. The summed E-state index contributed by atoms with van der Waals surface area (Å²) in [4.78, 5) is 2.54. The molecule has 1 aliphatic rings. The fraction of sp³-hybridized carbons (Fsp3) is 1.00. The van der Waals surface area contributed by atoms with Gasteiger partial charge in [-0.1, -0.05) is 41.5 Å². The second-order valence-electron chi connectivity index (χ2n) is 8.56. The number of nitrogens with two attached hydrogens (primary N) is 1. The van der Waals surface area contributed by atoms with Crippen LogP contribution in [0.4, 0.5) is 0 Å². The van der Waals surface area contributed by atoms with Gasteiger partial charge in [-0.15, -0.1) is 0 Å². The number of hydrogen-bond donors (Lipinski definition) is 1. The minimum Gasteiger partial charge on any atom is -0.329 e. The van der Waals surface area contributed by atoms with Gasteiger partial charge >= 0.3 is 0 Å². The van der Waals surface area contributed by atoms with Crippen molar-refractivity contribution in [3.05, 3.63) is 0 Å². The monoisotopic (exact) mass is 254 g/mol. The Morgan fingerprint density at radius 2 is 1.44 bits per heavy atom. The summed E-state index contributed by atoms with van der Waals surface area (Å²) in [6, 6.07) is 0. The fourth-order valence-electron chi connectivity index (χ4n) is 4.58. The van der Waals surface area contributed by atoms with Gasteiger partial charge in [0.25, 0.3) is 0 Å². The summed E-state index contributed by atoms with van der Waals surface area (Å²) in [6.07, 6.45) is 3.75. The first kappa shape index (κ1) is 16.0. The van der Waals surface area contributed by atoms with Gasteiger partial charge < -0.3 is 5.73 Å². The highest BCUT2D eigenvalue weighted by Gasteiger charge is 2.48. The molecule has 2 heteroatoms. The van der Waals surface area contributed by atoms with E-state index >= 15 is 0 Å². The Hall–Kier alpha value is -0.0800. The zero-order valence-electron chi connectivity index (χ0n) is 13.6. The van der Waals surface area contributed by atoms with E-state index in [1.165, 1.54) is 19.3 Å². The summed E-state index contributed by atoms with van der Waals surface area (Å²) in [6.45, 7) is 16.1. The van der Waals surface area contributed by atoms with E-state index in [9.17, 15) is 0 Å². The Kier molecular flexibility index (Phi) is 4.55. The summed E-state index contributed by atoms with van der Waals surface area (Å²) < 4.78 is 0. The quantitative estimate of drug-likeness (QED) is 0.832. The van der Waals surface area contributed by atoms with E-state index in [0.29, 0.717) is 16.7 Å². The van der Waals surface area contributed by atoms with E-state index in [1.807, 2.05) is 0 Å². The SMILES string of the molecule is CC(C)CN(C)C1(CN)CC(C)(C)CC(C)(C)C1. The van der Waals surface area contributed by atoms with Crippen molar-refractivity contribution in [3.8, 4) is 0 Å². The molecule has 0 heterocycles. The largest absolute Gasteiger partial charge is 0.329 e. The van der Waals surface area contributed by atoms with Crippen LogP contribution in [0, 0.1) is 16.7 Å². The topological polar surface area (TPSA) is 29.3 Å². The number of hydrogen-bond acceptors (Lipinski definition) is 2. The molecule has 0 radical (unpaired) electrons. The van der Waals surface area contributed by atoms with Crippen LogP contribution < -0.4 is 5.73 Å². The first-order valence-corrected chi connectivity index (χ1v) is 7.43. The zero-order chi connectivity index (χ0) is 14.2. The van der Waals surface area contributed by atoms with Crippen molar-refractivity contribution in [2.24, 2.45) is 22.5 Å². The summed E-state index contributed by atoms with van der Waals surface area (Å²) in [7, 11) is 2.27. The van der Waals surface area contributed by atoms with Crippen molar-refractivity contribution in [2.75, 3.05) is 20.1 Å². The lowest BCUT2D eigenvalue weighted by atomic mass is 9.58. The molecule has 18 heavy (non-hydrogen) atoms. The van der Waals surface area contributed by atoms with Gasteiger partial charge in [0.05, 0.1) is 0 Å². The van der Waals surface area contributed by atoms with E-state index in [2.05, 4.69) is 53.5 Å². The van der Waals surface area contributed by atoms with Gasteiger partial charge in [0, 0.05) is 18.6 Å². The predicted octanol–water partition coefficient (Wildman–Crippen LogP) is 3.51. The molecule has 1 rings (SSSR count). The Balaban J connectivity index is 2.98. The first-order chi connectivity index (χ1) is 8.02. The van der Waals surface area contributed by atoms with Gasteiger partial charge in [0.1, 0.15) is 0 Å². The molecule has 108 valence electrons. The molecule has 1 saturated carbocycles. The van der Waals surface area contributed by atoms with Crippen LogP contribution in [0.2, 0.25) is 0 Å². The smallest absolute Gasteiger partial charge is 0.0338 e. The average molecular weight is 254 g/mol. The maximum absolute atomic E-state index is 6.22. The molecule has 0 spiro atoms. The van der Waals surface area contributed by atoms with E-state index in [-0.39, 0.29) is 5.54 Å². The summed E-state index contributed by atoms with van der Waals surface area (Å²) in [5.74, 6) is 0.701. The second-order valence-corrected chi connectivity index (χ2v) is 8.56. The molecule has 0 unspecified atom stereocenters. The molecule has 0 amide bonds. The number of nitrogens with zero attached hydrogens (tertiary/aromatic N) is 1. The molecule has 0 aromatic carbocycles. The predicted molar refractivity (Wildman–Crippen MR) is 80.7 cm³/mol. The van der Waals surface area contributed by atoms with Gasteiger partial charge in [0.2, 0.25) is 0 Å². The Morgan fingerprint density at radius 3 is 1.78 bits per heavy atom. The van der Waals surface area contributed by atoms with Crippen molar-refractivity contribution in [1.82, 2.24) is 4.90 Å². The molecule has 0 saturated heterocycles. The number of likely N-dealkylation sites (N-methyl/N-ethyl adjacent to an activating group) is 1. The fourth-order valence-corrected chi connectivity index (χ4v) is 4.58. The molecule has 1 aliphatic carbocycles. The van der Waals surface area contributed by atoms with Crippen LogP contribution in [-0.2, 0) is 0 Å². The third-order valence-electron chi connectivity index (χ3n) is 4.40. The van der Waals surface area contributed by atoms with Crippen LogP contribution in [0.5, 0.6) is 0 Å². The lowest BCUT2D eigenvalue weighted by molar-refractivity contribution is -0.0360. The summed E-state index contributed by atoms with van der Waals surface area (Å²) >= 11 is 0. The molecular formula is C16H34N2. The van der Waals surface area contributed by atoms with Gasteiger partial charge in [-0.05, 0) is 43.1 Å². The normalized spacial score (nSPS) is 25.7. The van der Waals surface area contributed by atoms with Gasteiger partial charge in [-0.25, -0.2) is 0 Å². The van der Waals surface area contributed by atoms with Crippen molar-refractivity contribution in [2.45, 2.75) is 66.3 Å². The Labute approximate surface area is 114 Å². The van der Waals surface area contributed by atoms with E-state index in [1.54, 1.807) is 0 Å². The molecule has 2 nitrogen and oxygen atoms in total. The standard InChI is InChI=1S/C16H34N2/c1-13(2)8-18(7)16(12-17)10-14(3,4)9-15(5,6)11-16/h13H,8-12,17H2,1-7H3. The average Bonchev–Trinajstić information content (AvgIpc) is 2.11. The highest BCUT2D eigenvalue weighted by molar-refractivity contribution is 5.03. The summed E-state index contributed by atoms with van der Waals surface area (Å²) in [5.41, 5.74) is 7.20. The zero-order valence-corrected chi connectivity index (χ0v) is 13.6. The van der Waals surface area contributed by atoms with Crippen molar-refractivity contribution in [1.29, 1.82) is 0 Å². The van der Waals surface area contributed by atoms with Crippen LogP contribution in [0.15, 0.2) is 0 Å². The van der Waals surface area contributed by atoms with E-state index in [0.717, 1.165) is 13.1 Å². The van der Waals surface area contributed by atoms with Crippen LogP contribution >= 0.6 is 0 Å². The molecule has 0 atom stereocenters. The third-order valence-corrected chi connectivity index (χ3v) is 4.40. The molecule has 0 aromatic rings. The number of rotatable bonds is 4. The van der Waals surface area contributed by atoms with Crippen LogP contribution in [0.3, 0.4) is 0 Å². The lowest BCUT2D eigenvalue weighted by Crippen LogP contribution is -2.60. The summed E-state index contributed by atoms with van der Waals surface area (Å²) in [5, 5.41) is 0. The minimum absolute atomic E-state index is 0.190. The van der Waals surface area contributed by atoms with Crippen molar-refractivity contribution >= 4 is 0 Å². The van der Waals surface area contributed by atoms with Crippen LogP contribution in [0.25, 0.3) is 0 Å². The lowest BCUT2D eigenvalue weighted by Gasteiger charge is -2.55. The van der Waals surface area contributed by atoms with E-state index in [4.69, 9.17) is 5.73 Å². The minimum atomic E-state index is 0.190. The molecule has 0 aromatic heterocycles. The maximum atomic E-state index is 6.22. The van der Waals surface area contributed by atoms with Gasteiger partial charge in [-0.2, -0.15) is 0 Å². The van der Waals surface area contributed by atoms with E-state index < -0.39 is 0 Å².